The zero-order valence-corrected chi connectivity index (χ0v) is 11.5. The molecule has 0 aliphatic carbocycles. The van der Waals surface area contributed by atoms with Gasteiger partial charge in [0.15, 0.2) is 5.78 Å². The summed E-state index contributed by atoms with van der Waals surface area (Å²) in [5.41, 5.74) is 0.206. The molecule has 1 aromatic rings. The third kappa shape index (κ3) is 2.84. The second kappa shape index (κ2) is 5.38. The normalized spacial score (nSPS) is 17.4. The number of sulfonamides is 1. The Morgan fingerprint density at radius 3 is 2.42 bits per heavy atom. The lowest BCUT2D eigenvalue weighted by Gasteiger charge is -2.26. The lowest BCUT2D eigenvalue weighted by molar-refractivity contribution is 0.101. The van der Waals surface area contributed by atoms with Crippen LogP contribution in [0.4, 0.5) is 4.39 Å². The molecule has 19 heavy (non-hydrogen) atoms. The number of piperidine rings is 1. The van der Waals surface area contributed by atoms with Crippen LogP contribution in [0.25, 0.3) is 0 Å². The number of carbonyl (C=O) groups is 1. The minimum Gasteiger partial charge on any atom is -0.295 e. The molecule has 104 valence electrons. The Labute approximate surface area is 112 Å². The fourth-order valence-corrected chi connectivity index (χ4v) is 3.77. The molecule has 1 saturated heterocycles. The highest BCUT2D eigenvalue weighted by Crippen LogP contribution is 2.24. The van der Waals surface area contributed by atoms with E-state index in [4.69, 9.17) is 0 Å². The molecule has 1 heterocycles. The van der Waals surface area contributed by atoms with Crippen LogP contribution in [0, 0.1) is 5.82 Å². The van der Waals surface area contributed by atoms with E-state index >= 15 is 0 Å². The molecule has 0 aromatic heterocycles. The predicted molar refractivity (Wildman–Crippen MR) is 69.0 cm³/mol. The molecule has 6 heteroatoms. The average molecular weight is 285 g/mol. The first-order valence-electron chi connectivity index (χ1n) is 6.23. The molecule has 0 atom stereocenters. The zero-order chi connectivity index (χ0) is 14.0. The van der Waals surface area contributed by atoms with Crippen molar-refractivity contribution in [2.75, 3.05) is 13.1 Å². The highest BCUT2D eigenvalue weighted by Gasteiger charge is 2.29. The molecule has 0 amide bonds. The summed E-state index contributed by atoms with van der Waals surface area (Å²) in [4.78, 5) is 10.9. The number of benzene rings is 1. The number of nitrogens with zero attached hydrogens (tertiary/aromatic N) is 1. The second-order valence-electron chi connectivity index (χ2n) is 4.67. The lowest BCUT2D eigenvalue weighted by atomic mass is 10.1. The van der Waals surface area contributed by atoms with Gasteiger partial charge in [-0.15, -0.1) is 0 Å². The molecule has 0 spiro atoms. The van der Waals surface area contributed by atoms with Crippen LogP contribution in [0.15, 0.2) is 23.1 Å². The third-order valence-electron chi connectivity index (χ3n) is 3.27. The predicted octanol–water partition coefficient (Wildman–Crippen LogP) is 2.20. The average Bonchev–Trinajstić information content (AvgIpc) is 2.39. The molecule has 1 aliphatic heterocycles. The topological polar surface area (TPSA) is 54.5 Å². The van der Waals surface area contributed by atoms with Crippen molar-refractivity contribution in [3.63, 3.8) is 0 Å². The summed E-state index contributed by atoms with van der Waals surface area (Å²) in [6, 6.07) is 3.46. The summed E-state index contributed by atoms with van der Waals surface area (Å²) in [6.45, 7) is 2.14. The summed E-state index contributed by atoms with van der Waals surface area (Å²) in [5.74, 6) is -1.09. The van der Waals surface area contributed by atoms with E-state index in [0.29, 0.717) is 13.1 Å². The van der Waals surface area contributed by atoms with Crippen molar-refractivity contribution in [3.8, 4) is 0 Å². The fraction of sp³-hybridized carbons (Fsp3) is 0.462. The molecule has 0 saturated carbocycles. The summed E-state index contributed by atoms with van der Waals surface area (Å²) in [5, 5.41) is 0. The first-order valence-corrected chi connectivity index (χ1v) is 7.67. The maximum absolute atomic E-state index is 13.8. The Hall–Kier alpha value is -1.27. The number of hydrogen-bond donors (Lipinski definition) is 0. The van der Waals surface area contributed by atoms with Crippen LogP contribution in [0.3, 0.4) is 0 Å². The first-order chi connectivity index (χ1) is 8.93. The van der Waals surface area contributed by atoms with Gasteiger partial charge in [0.25, 0.3) is 0 Å². The molecule has 0 unspecified atom stereocenters. The van der Waals surface area contributed by atoms with Crippen LogP contribution in [-0.4, -0.2) is 31.6 Å². The van der Waals surface area contributed by atoms with Gasteiger partial charge in [-0.05, 0) is 38.0 Å². The number of halogens is 1. The first kappa shape index (κ1) is 14.1. The van der Waals surface area contributed by atoms with Gasteiger partial charge in [-0.1, -0.05) is 6.42 Å². The maximum Gasteiger partial charge on any atom is 0.246 e. The van der Waals surface area contributed by atoms with Gasteiger partial charge in [0.2, 0.25) is 10.0 Å². The van der Waals surface area contributed by atoms with E-state index < -0.39 is 20.7 Å². The van der Waals surface area contributed by atoms with Gasteiger partial charge in [0, 0.05) is 18.7 Å². The van der Waals surface area contributed by atoms with Gasteiger partial charge in [0.05, 0.1) is 0 Å². The minimum atomic E-state index is -3.84. The number of carbonyl (C=O) groups excluding carboxylic acids is 1. The Balaban J connectivity index is 2.44. The van der Waals surface area contributed by atoms with E-state index in [-0.39, 0.29) is 11.3 Å². The Bertz CT molecular complexity index is 592. The van der Waals surface area contributed by atoms with Crippen molar-refractivity contribution < 1.29 is 17.6 Å². The van der Waals surface area contributed by atoms with Crippen molar-refractivity contribution in [1.29, 1.82) is 0 Å². The molecular weight excluding hydrogens is 269 g/mol. The van der Waals surface area contributed by atoms with E-state index in [1.165, 1.54) is 17.3 Å². The third-order valence-corrected chi connectivity index (χ3v) is 5.18. The van der Waals surface area contributed by atoms with Gasteiger partial charge < -0.3 is 0 Å². The smallest absolute Gasteiger partial charge is 0.246 e. The Morgan fingerprint density at radius 1 is 1.21 bits per heavy atom. The number of rotatable bonds is 3. The fourth-order valence-electron chi connectivity index (χ4n) is 2.16. The quantitative estimate of drug-likeness (QED) is 0.800. The number of ketones is 1. The van der Waals surface area contributed by atoms with Crippen molar-refractivity contribution in [3.05, 3.63) is 29.6 Å². The lowest BCUT2D eigenvalue weighted by Crippen LogP contribution is -2.36. The number of hydrogen-bond acceptors (Lipinski definition) is 3. The molecule has 0 N–H and O–H groups in total. The van der Waals surface area contributed by atoms with Crippen LogP contribution >= 0.6 is 0 Å². The summed E-state index contributed by atoms with van der Waals surface area (Å²) in [7, 11) is -3.84. The van der Waals surface area contributed by atoms with Gasteiger partial charge in [-0.2, -0.15) is 4.31 Å². The van der Waals surface area contributed by atoms with Crippen LogP contribution in [0.5, 0.6) is 0 Å². The van der Waals surface area contributed by atoms with Crippen LogP contribution in [-0.2, 0) is 10.0 Å². The highest BCUT2D eigenvalue weighted by molar-refractivity contribution is 7.89. The molecule has 2 rings (SSSR count). The second-order valence-corrected chi connectivity index (χ2v) is 6.57. The van der Waals surface area contributed by atoms with Crippen LogP contribution in [0.1, 0.15) is 36.5 Å². The highest BCUT2D eigenvalue weighted by atomic mass is 32.2. The van der Waals surface area contributed by atoms with Gasteiger partial charge >= 0.3 is 0 Å². The minimum absolute atomic E-state index is 0.206. The zero-order valence-electron chi connectivity index (χ0n) is 10.7. The summed E-state index contributed by atoms with van der Waals surface area (Å²) < 4.78 is 39.8. The van der Waals surface area contributed by atoms with Crippen molar-refractivity contribution in [2.24, 2.45) is 0 Å². The van der Waals surface area contributed by atoms with Crippen molar-refractivity contribution >= 4 is 15.8 Å². The standard InChI is InChI=1S/C13H16FNO3S/c1-10(16)11-5-6-12(14)13(9-11)19(17,18)15-7-3-2-4-8-15/h5-6,9H,2-4,7-8H2,1H3. The monoisotopic (exact) mass is 285 g/mol. The van der Waals surface area contributed by atoms with Crippen molar-refractivity contribution in [2.45, 2.75) is 31.1 Å². The van der Waals surface area contributed by atoms with Crippen LogP contribution in [0.2, 0.25) is 0 Å². The molecule has 1 fully saturated rings. The van der Waals surface area contributed by atoms with E-state index in [0.717, 1.165) is 31.4 Å². The van der Waals surface area contributed by atoms with E-state index in [9.17, 15) is 17.6 Å². The Kier molecular flexibility index (Phi) is 4.01. The van der Waals surface area contributed by atoms with Crippen molar-refractivity contribution in [1.82, 2.24) is 4.31 Å². The van der Waals surface area contributed by atoms with Gasteiger partial charge in [-0.3, -0.25) is 4.79 Å². The molecule has 4 nitrogen and oxygen atoms in total. The summed E-state index contributed by atoms with van der Waals surface area (Å²) in [6.07, 6.45) is 2.56. The van der Waals surface area contributed by atoms with E-state index in [2.05, 4.69) is 0 Å². The van der Waals surface area contributed by atoms with Gasteiger partial charge in [0.1, 0.15) is 10.7 Å². The summed E-state index contributed by atoms with van der Waals surface area (Å²) >= 11 is 0. The molecule has 1 aromatic carbocycles. The van der Waals surface area contributed by atoms with Crippen LogP contribution < -0.4 is 0 Å². The largest absolute Gasteiger partial charge is 0.295 e. The van der Waals surface area contributed by atoms with Gasteiger partial charge in [-0.25, -0.2) is 12.8 Å². The van der Waals surface area contributed by atoms with E-state index in [1.54, 1.807) is 0 Å². The molecular formula is C13H16FNO3S. The maximum atomic E-state index is 13.8. The number of Topliss-reactive ketones (excluding diaryl/α,β-unsaturated/α-hetero) is 1. The SMILES string of the molecule is CC(=O)c1ccc(F)c(S(=O)(=O)N2CCCCC2)c1. The Morgan fingerprint density at radius 2 is 1.84 bits per heavy atom. The molecule has 0 radical (unpaired) electrons. The molecule has 1 aliphatic rings. The molecule has 0 bridgehead atoms. The van der Waals surface area contributed by atoms with E-state index in [1.807, 2.05) is 0 Å².